The summed E-state index contributed by atoms with van der Waals surface area (Å²) < 4.78 is 12.8. The van der Waals surface area contributed by atoms with E-state index in [2.05, 4.69) is 4.90 Å². The molecule has 108 valence electrons. The second-order valence-corrected chi connectivity index (χ2v) is 5.16. The molecular weight excluding hydrogens is 259 g/mol. The van der Waals surface area contributed by atoms with E-state index in [1.54, 1.807) is 24.0 Å². The SMILES string of the molecule is CC(=O)CN1CCN(C(=O)Cc2ccc(F)cc2)CC1. The number of ketones is 1. The van der Waals surface area contributed by atoms with Gasteiger partial charge in [-0.05, 0) is 24.6 Å². The molecule has 0 N–H and O–H groups in total. The van der Waals surface area contributed by atoms with Crippen molar-refractivity contribution in [2.24, 2.45) is 0 Å². The summed E-state index contributed by atoms with van der Waals surface area (Å²) in [6.07, 6.45) is 0.299. The monoisotopic (exact) mass is 278 g/mol. The lowest BCUT2D eigenvalue weighted by Crippen LogP contribution is -2.50. The first kappa shape index (κ1) is 14.7. The van der Waals surface area contributed by atoms with E-state index in [1.165, 1.54) is 12.1 Å². The van der Waals surface area contributed by atoms with Gasteiger partial charge in [0.05, 0.1) is 13.0 Å². The summed E-state index contributed by atoms with van der Waals surface area (Å²) in [5, 5.41) is 0. The number of benzene rings is 1. The maximum absolute atomic E-state index is 12.8. The number of hydrogen-bond acceptors (Lipinski definition) is 3. The molecule has 4 nitrogen and oxygen atoms in total. The highest BCUT2D eigenvalue weighted by atomic mass is 19.1. The van der Waals surface area contributed by atoms with Gasteiger partial charge in [-0.3, -0.25) is 14.5 Å². The average Bonchev–Trinajstić information content (AvgIpc) is 2.41. The minimum absolute atomic E-state index is 0.0547. The Bertz CT molecular complexity index is 479. The highest BCUT2D eigenvalue weighted by Crippen LogP contribution is 2.08. The molecule has 0 radical (unpaired) electrons. The second kappa shape index (κ2) is 6.61. The Balaban J connectivity index is 1.82. The molecule has 0 atom stereocenters. The number of amides is 1. The van der Waals surface area contributed by atoms with Gasteiger partial charge in [0, 0.05) is 26.2 Å². The fraction of sp³-hybridized carbons (Fsp3) is 0.467. The van der Waals surface area contributed by atoms with Crippen LogP contribution in [0.5, 0.6) is 0 Å². The number of carbonyl (C=O) groups excluding carboxylic acids is 2. The number of hydrogen-bond donors (Lipinski definition) is 0. The molecule has 0 bridgehead atoms. The van der Waals surface area contributed by atoms with Gasteiger partial charge in [0.2, 0.25) is 5.91 Å². The Morgan fingerprint density at radius 1 is 1.10 bits per heavy atom. The van der Waals surface area contributed by atoms with Gasteiger partial charge < -0.3 is 4.90 Å². The van der Waals surface area contributed by atoms with Gasteiger partial charge in [0.15, 0.2) is 0 Å². The first-order valence-electron chi connectivity index (χ1n) is 6.78. The molecule has 1 aliphatic heterocycles. The molecule has 0 aliphatic carbocycles. The smallest absolute Gasteiger partial charge is 0.227 e. The molecule has 1 fully saturated rings. The van der Waals surface area contributed by atoms with Crippen molar-refractivity contribution in [2.75, 3.05) is 32.7 Å². The quantitative estimate of drug-likeness (QED) is 0.828. The van der Waals surface area contributed by atoms with Crippen LogP contribution in [0.3, 0.4) is 0 Å². The molecule has 1 aliphatic rings. The van der Waals surface area contributed by atoms with Gasteiger partial charge in [-0.1, -0.05) is 12.1 Å². The normalized spacial score (nSPS) is 16.2. The van der Waals surface area contributed by atoms with Crippen LogP contribution in [0.15, 0.2) is 24.3 Å². The molecule has 0 saturated carbocycles. The van der Waals surface area contributed by atoms with Crippen LogP contribution in [0.1, 0.15) is 12.5 Å². The van der Waals surface area contributed by atoms with Crippen LogP contribution in [0, 0.1) is 5.82 Å². The summed E-state index contributed by atoms with van der Waals surface area (Å²) >= 11 is 0. The molecule has 2 rings (SSSR count). The third-order valence-electron chi connectivity index (χ3n) is 3.44. The Morgan fingerprint density at radius 3 is 2.25 bits per heavy atom. The zero-order valence-corrected chi connectivity index (χ0v) is 11.6. The van der Waals surface area contributed by atoms with Gasteiger partial charge in [-0.15, -0.1) is 0 Å². The number of carbonyl (C=O) groups is 2. The van der Waals surface area contributed by atoms with Crippen molar-refractivity contribution in [1.29, 1.82) is 0 Å². The first-order chi connectivity index (χ1) is 9.54. The van der Waals surface area contributed by atoms with Crippen LogP contribution in [0.2, 0.25) is 0 Å². The molecule has 20 heavy (non-hydrogen) atoms. The van der Waals surface area contributed by atoms with E-state index in [-0.39, 0.29) is 17.5 Å². The topological polar surface area (TPSA) is 40.6 Å². The van der Waals surface area contributed by atoms with Crippen LogP contribution in [-0.2, 0) is 16.0 Å². The van der Waals surface area contributed by atoms with Crippen LogP contribution < -0.4 is 0 Å². The number of nitrogens with zero attached hydrogens (tertiary/aromatic N) is 2. The first-order valence-corrected chi connectivity index (χ1v) is 6.78. The molecule has 5 heteroatoms. The average molecular weight is 278 g/mol. The number of Topliss-reactive ketones (excluding diaryl/α,β-unsaturated/α-hetero) is 1. The third kappa shape index (κ3) is 4.13. The highest BCUT2D eigenvalue weighted by molar-refractivity contribution is 5.79. The lowest BCUT2D eigenvalue weighted by atomic mass is 10.1. The minimum Gasteiger partial charge on any atom is -0.340 e. The lowest BCUT2D eigenvalue weighted by Gasteiger charge is -2.34. The maximum Gasteiger partial charge on any atom is 0.227 e. The van der Waals surface area contributed by atoms with Gasteiger partial charge in [0.25, 0.3) is 0 Å². The molecule has 1 heterocycles. The minimum atomic E-state index is -0.293. The van der Waals surface area contributed by atoms with Crippen molar-refractivity contribution < 1.29 is 14.0 Å². The lowest BCUT2D eigenvalue weighted by molar-refractivity contribution is -0.132. The van der Waals surface area contributed by atoms with E-state index in [0.717, 1.165) is 18.7 Å². The molecule has 0 unspecified atom stereocenters. The van der Waals surface area contributed by atoms with Crippen molar-refractivity contribution in [3.63, 3.8) is 0 Å². The zero-order valence-electron chi connectivity index (χ0n) is 11.6. The third-order valence-corrected chi connectivity index (χ3v) is 3.44. The van der Waals surface area contributed by atoms with Crippen molar-refractivity contribution in [3.05, 3.63) is 35.6 Å². The summed E-state index contributed by atoms with van der Waals surface area (Å²) in [6.45, 7) is 4.79. The van der Waals surface area contributed by atoms with Gasteiger partial charge in [-0.2, -0.15) is 0 Å². The van der Waals surface area contributed by atoms with Crippen LogP contribution >= 0.6 is 0 Å². The van der Waals surface area contributed by atoms with Crippen molar-refractivity contribution in [1.82, 2.24) is 9.80 Å². The van der Waals surface area contributed by atoms with E-state index in [4.69, 9.17) is 0 Å². The van der Waals surface area contributed by atoms with E-state index < -0.39 is 0 Å². The predicted molar refractivity (Wildman–Crippen MR) is 73.8 cm³/mol. The Kier molecular flexibility index (Phi) is 4.84. The van der Waals surface area contributed by atoms with Gasteiger partial charge in [0.1, 0.15) is 11.6 Å². The number of piperazine rings is 1. The number of halogens is 1. The standard InChI is InChI=1S/C15H19FN2O2/c1-12(19)11-17-6-8-18(9-7-17)15(20)10-13-2-4-14(16)5-3-13/h2-5H,6-11H2,1H3. The highest BCUT2D eigenvalue weighted by Gasteiger charge is 2.21. The molecule has 1 aromatic rings. The summed E-state index contributed by atoms with van der Waals surface area (Å²) in [4.78, 5) is 27.0. The van der Waals surface area contributed by atoms with E-state index >= 15 is 0 Å². The zero-order chi connectivity index (χ0) is 14.5. The Labute approximate surface area is 118 Å². The van der Waals surface area contributed by atoms with Crippen LogP contribution in [-0.4, -0.2) is 54.2 Å². The van der Waals surface area contributed by atoms with Crippen molar-refractivity contribution in [2.45, 2.75) is 13.3 Å². The van der Waals surface area contributed by atoms with Crippen molar-refractivity contribution in [3.8, 4) is 0 Å². The molecule has 1 aromatic carbocycles. The van der Waals surface area contributed by atoms with Crippen LogP contribution in [0.4, 0.5) is 4.39 Å². The molecular formula is C15H19FN2O2. The molecule has 1 saturated heterocycles. The molecule has 1 amide bonds. The van der Waals surface area contributed by atoms with E-state index in [0.29, 0.717) is 26.1 Å². The van der Waals surface area contributed by atoms with Crippen LogP contribution in [0.25, 0.3) is 0 Å². The summed E-state index contributed by atoms with van der Waals surface area (Å²) in [5.74, 6) is -0.0887. The van der Waals surface area contributed by atoms with E-state index in [9.17, 15) is 14.0 Å². The number of rotatable bonds is 4. The fourth-order valence-corrected chi connectivity index (χ4v) is 2.36. The Hall–Kier alpha value is -1.75. The largest absolute Gasteiger partial charge is 0.340 e. The Morgan fingerprint density at radius 2 is 1.70 bits per heavy atom. The molecule has 0 aromatic heterocycles. The maximum atomic E-state index is 12.8. The predicted octanol–water partition coefficient (Wildman–Crippen LogP) is 1.10. The molecule has 0 spiro atoms. The summed E-state index contributed by atoms with van der Waals surface area (Å²) in [7, 11) is 0. The fourth-order valence-electron chi connectivity index (χ4n) is 2.36. The van der Waals surface area contributed by atoms with Gasteiger partial charge in [-0.25, -0.2) is 4.39 Å². The van der Waals surface area contributed by atoms with Crippen molar-refractivity contribution >= 4 is 11.7 Å². The van der Waals surface area contributed by atoms with E-state index in [1.807, 2.05) is 0 Å². The van der Waals surface area contributed by atoms with Gasteiger partial charge >= 0.3 is 0 Å². The summed E-state index contributed by atoms with van der Waals surface area (Å²) in [6, 6.07) is 6.01. The second-order valence-electron chi connectivity index (χ2n) is 5.16. The summed E-state index contributed by atoms with van der Waals surface area (Å²) in [5.41, 5.74) is 0.822.